The molecule has 0 amide bonds. The van der Waals surface area contributed by atoms with Gasteiger partial charge in [0.25, 0.3) is 0 Å². The van der Waals surface area contributed by atoms with Gasteiger partial charge in [-0.05, 0) is 24.5 Å². The van der Waals surface area contributed by atoms with E-state index in [1.165, 1.54) is 5.56 Å². The number of alkyl halides is 1. The normalized spacial score (nSPS) is 19.6. The molecule has 70 valence electrons. The number of para-hydroxylation sites is 1. The fourth-order valence-corrected chi connectivity index (χ4v) is 1.87. The SMILES string of the molecule is ClCCCC1Cc2ccccc2O1. The van der Waals surface area contributed by atoms with Crippen molar-refractivity contribution in [3.63, 3.8) is 0 Å². The first kappa shape index (κ1) is 8.89. The molecule has 1 heterocycles. The Hall–Kier alpha value is -0.690. The summed E-state index contributed by atoms with van der Waals surface area (Å²) in [5.74, 6) is 1.79. The van der Waals surface area contributed by atoms with Crippen molar-refractivity contribution in [3.8, 4) is 5.75 Å². The monoisotopic (exact) mass is 196 g/mol. The zero-order valence-electron chi connectivity index (χ0n) is 7.50. The lowest BCUT2D eigenvalue weighted by molar-refractivity contribution is 0.220. The molecular formula is C11H13ClO. The summed E-state index contributed by atoms with van der Waals surface area (Å²) >= 11 is 5.64. The predicted octanol–water partition coefficient (Wildman–Crippen LogP) is 3.01. The Bertz CT molecular complexity index is 260. The molecule has 1 atom stereocenters. The fraction of sp³-hybridized carbons (Fsp3) is 0.455. The molecule has 0 aromatic heterocycles. The van der Waals surface area contributed by atoms with Crippen LogP contribution >= 0.6 is 11.6 Å². The van der Waals surface area contributed by atoms with Crippen molar-refractivity contribution in [2.45, 2.75) is 25.4 Å². The van der Waals surface area contributed by atoms with E-state index in [1.54, 1.807) is 0 Å². The molecular weight excluding hydrogens is 184 g/mol. The number of rotatable bonds is 3. The molecule has 1 aromatic rings. The van der Waals surface area contributed by atoms with E-state index in [1.807, 2.05) is 12.1 Å². The molecule has 0 bridgehead atoms. The second-order valence-corrected chi connectivity index (χ2v) is 3.76. The Kier molecular flexibility index (Phi) is 2.74. The molecule has 2 rings (SSSR count). The molecule has 1 aliphatic rings. The average Bonchev–Trinajstić information content (AvgIpc) is 2.57. The maximum Gasteiger partial charge on any atom is 0.123 e. The quantitative estimate of drug-likeness (QED) is 0.676. The minimum atomic E-state index is 0.358. The second kappa shape index (κ2) is 4.01. The predicted molar refractivity (Wildman–Crippen MR) is 54.5 cm³/mol. The molecule has 0 spiro atoms. The number of ether oxygens (including phenoxy) is 1. The van der Waals surface area contributed by atoms with Crippen LogP contribution in [0.1, 0.15) is 18.4 Å². The maximum atomic E-state index is 5.75. The van der Waals surface area contributed by atoms with Crippen LogP contribution in [0.4, 0.5) is 0 Å². The highest BCUT2D eigenvalue weighted by Gasteiger charge is 2.21. The van der Waals surface area contributed by atoms with E-state index in [4.69, 9.17) is 16.3 Å². The topological polar surface area (TPSA) is 9.23 Å². The lowest BCUT2D eigenvalue weighted by Crippen LogP contribution is -2.12. The van der Waals surface area contributed by atoms with Crippen molar-refractivity contribution >= 4 is 11.6 Å². The number of hydrogen-bond donors (Lipinski definition) is 0. The van der Waals surface area contributed by atoms with E-state index in [0.717, 1.165) is 30.9 Å². The standard InChI is InChI=1S/C11H13ClO/c12-7-3-5-10-8-9-4-1-2-6-11(9)13-10/h1-2,4,6,10H,3,5,7-8H2. The molecule has 1 nitrogen and oxygen atoms in total. The highest BCUT2D eigenvalue weighted by molar-refractivity contribution is 6.17. The van der Waals surface area contributed by atoms with Crippen LogP contribution in [-0.2, 0) is 6.42 Å². The maximum absolute atomic E-state index is 5.75. The number of fused-ring (bicyclic) bond motifs is 1. The highest BCUT2D eigenvalue weighted by Crippen LogP contribution is 2.29. The van der Waals surface area contributed by atoms with Crippen molar-refractivity contribution in [1.29, 1.82) is 0 Å². The third kappa shape index (κ3) is 1.97. The smallest absolute Gasteiger partial charge is 0.123 e. The van der Waals surface area contributed by atoms with Gasteiger partial charge >= 0.3 is 0 Å². The van der Waals surface area contributed by atoms with Crippen LogP contribution in [0.15, 0.2) is 24.3 Å². The van der Waals surface area contributed by atoms with Crippen molar-refractivity contribution in [3.05, 3.63) is 29.8 Å². The third-order valence-corrected chi connectivity index (χ3v) is 2.64. The zero-order valence-corrected chi connectivity index (χ0v) is 8.26. The van der Waals surface area contributed by atoms with Gasteiger partial charge in [-0.2, -0.15) is 0 Å². The van der Waals surface area contributed by atoms with Crippen molar-refractivity contribution in [2.24, 2.45) is 0 Å². The van der Waals surface area contributed by atoms with Crippen LogP contribution in [-0.4, -0.2) is 12.0 Å². The van der Waals surface area contributed by atoms with Crippen LogP contribution in [0.2, 0.25) is 0 Å². The first-order chi connectivity index (χ1) is 6.40. The lowest BCUT2D eigenvalue weighted by atomic mass is 10.1. The van der Waals surface area contributed by atoms with Gasteiger partial charge in [0.1, 0.15) is 11.9 Å². The average molecular weight is 197 g/mol. The van der Waals surface area contributed by atoms with Gasteiger partial charge in [-0.3, -0.25) is 0 Å². The van der Waals surface area contributed by atoms with Crippen molar-refractivity contribution in [1.82, 2.24) is 0 Å². The summed E-state index contributed by atoms with van der Waals surface area (Å²) in [4.78, 5) is 0. The molecule has 1 unspecified atom stereocenters. The fourth-order valence-electron chi connectivity index (χ4n) is 1.72. The summed E-state index contributed by atoms with van der Waals surface area (Å²) < 4.78 is 5.75. The Morgan fingerprint density at radius 3 is 3.00 bits per heavy atom. The van der Waals surface area contributed by atoms with Gasteiger partial charge in [-0.15, -0.1) is 11.6 Å². The summed E-state index contributed by atoms with van der Waals surface area (Å²) in [6.45, 7) is 0. The van der Waals surface area contributed by atoms with Crippen LogP contribution in [0.3, 0.4) is 0 Å². The number of benzene rings is 1. The summed E-state index contributed by atoms with van der Waals surface area (Å²) in [7, 11) is 0. The number of hydrogen-bond acceptors (Lipinski definition) is 1. The van der Waals surface area contributed by atoms with Gasteiger partial charge in [-0.25, -0.2) is 0 Å². The molecule has 1 aliphatic heterocycles. The summed E-state index contributed by atoms with van der Waals surface area (Å²) in [6.07, 6.45) is 3.52. The first-order valence-electron chi connectivity index (χ1n) is 4.70. The molecule has 0 radical (unpaired) electrons. The van der Waals surface area contributed by atoms with Crippen molar-refractivity contribution in [2.75, 3.05) is 5.88 Å². The molecule has 0 fully saturated rings. The van der Waals surface area contributed by atoms with Crippen LogP contribution < -0.4 is 4.74 Å². The zero-order chi connectivity index (χ0) is 9.10. The van der Waals surface area contributed by atoms with Crippen LogP contribution in [0.5, 0.6) is 5.75 Å². The van der Waals surface area contributed by atoms with E-state index in [0.29, 0.717) is 6.10 Å². The summed E-state index contributed by atoms with van der Waals surface area (Å²) in [6, 6.07) is 8.25. The van der Waals surface area contributed by atoms with Gasteiger partial charge in [0, 0.05) is 12.3 Å². The second-order valence-electron chi connectivity index (χ2n) is 3.38. The molecule has 0 N–H and O–H groups in total. The van der Waals surface area contributed by atoms with E-state index in [9.17, 15) is 0 Å². The Labute approximate surface area is 83.7 Å². The molecule has 1 aromatic carbocycles. The van der Waals surface area contributed by atoms with Gasteiger partial charge in [0.05, 0.1) is 0 Å². The van der Waals surface area contributed by atoms with Crippen LogP contribution in [0, 0.1) is 0 Å². The molecule has 13 heavy (non-hydrogen) atoms. The Morgan fingerprint density at radius 1 is 1.38 bits per heavy atom. The minimum absolute atomic E-state index is 0.358. The lowest BCUT2D eigenvalue weighted by Gasteiger charge is -2.08. The van der Waals surface area contributed by atoms with E-state index in [2.05, 4.69) is 12.1 Å². The molecule has 2 heteroatoms. The van der Waals surface area contributed by atoms with Crippen molar-refractivity contribution < 1.29 is 4.74 Å². The Balaban J connectivity index is 1.97. The largest absolute Gasteiger partial charge is 0.490 e. The molecule has 0 aliphatic carbocycles. The van der Waals surface area contributed by atoms with Crippen LogP contribution in [0.25, 0.3) is 0 Å². The molecule has 0 saturated heterocycles. The highest BCUT2D eigenvalue weighted by atomic mass is 35.5. The van der Waals surface area contributed by atoms with E-state index >= 15 is 0 Å². The third-order valence-electron chi connectivity index (χ3n) is 2.37. The Morgan fingerprint density at radius 2 is 2.23 bits per heavy atom. The minimum Gasteiger partial charge on any atom is -0.490 e. The van der Waals surface area contributed by atoms with Gasteiger partial charge in [0.2, 0.25) is 0 Å². The van der Waals surface area contributed by atoms with E-state index < -0.39 is 0 Å². The van der Waals surface area contributed by atoms with Gasteiger partial charge < -0.3 is 4.74 Å². The van der Waals surface area contributed by atoms with E-state index in [-0.39, 0.29) is 0 Å². The summed E-state index contributed by atoms with van der Waals surface area (Å²) in [5.41, 5.74) is 1.34. The number of halogens is 1. The summed E-state index contributed by atoms with van der Waals surface area (Å²) in [5, 5.41) is 0. The molecule has 0 saturated carbocycles. The first-order valence-corrected chi connectivity index (χ1v) is 5.24. The van der Waals surface area contributed by atoms with Gasteiger partial charge in [0.15, 0.2) is 0 Å². The van der Waals surface area contributed by atoms with Gasteiger partial charge in [-0.1, -0.05) is 18.2 Å².